The van der Waals surface area contributed by atoms with E-state index in [0.717, 1.165) is 28.9 Å². The molecular formula is C12H18ClNO. The molecule has 0 aromatic heterocycles. The molecule has 0 radical (unpaired) electrons. The number of alkyl halides is 1. The molecule has 3 heteroatoms. The molecule has 84 valence electrons. The van der Waals surface area contributed by atoms with Crippen molar-refractivity contribution in [3.8, 4) is 5.75 Å². The van der Waals surface area contributed by atoms with Crippen LogP contribution in [0, 0.1) is 13.8 Å². The quantitative estimate of drug-likeness (QED) is 0.803. The van der Waals surface area contributed by atoms with E-state index >= 15 is 0 Å². The standard InChI is InChI=1S/C12H18ClNO/c1-8-6-10(11(14)4-5-13)7-9(2)12(8)15-3/h6-7,11H,4-5,14H2,1-3H3. The number of aryl methyl sites for hydroxylation is 2. The van der Waals surface area contributed by atoms with E-state index in [1.165, 1.54) is 0 Å². The molecule has 1 aromatic rings. The summed E-state index contributed by atoms with van der Waals surface area (Å²) in [6.07, 6.45) is 0.798. The number of hydrogen-bond acceptors (Lipinski definition) is 2. The smallest absolute Gasteiger partial charge is 0.124 e. The van der Waals surface area contributed by atoms with Gasteiger partial charge in [0, 0.05) is 11.9 Å². The van der Waals surface area contributed by atoms with Crippen LogP contribution < -0.4 is 10.5 Å². The van der Waals surface area contributed by atoms with Crippen molar-refractivity contribution >= 4 is 11.6 Å². The minimum absolute atomic E-state index is 0.0193. The Balaban J connectivity index is 3.02. The van der Waals surface area contributed by atoms with Gasteiger partial charge in [-0.1, -0.05) is 12.1 Å². The van der Waals surface area contributed by atoms with Crippen molar-refractivity contribution in [1.29, 1.82) is 0 Å². The van der Waals surface area contributed by atoms with E-state index in [-0.39, 0.29) is 6.04 Å². The van der Waals surface area contributed by atoms with Crippen molar-refractivity contribution in [2.75, 3.05) is 13.0 Å². The molecule has 0 saturated carbocycles. The van der Waals surface area contributed by atoms with Crippen molar-refractivity contribution in [1.82, 2.24) is 0 Å². The van der Waals surface area contributed by atoms with Crippen LogP contribution in [-0.4, -0.2) is 13.0 Å². The number of benzene rings is 1. The third kappa shape index (κ3) is 2.86. The predicted molar refractivity (Wildman–Crippen MR) is 64.7 cm³/mol. The molecule has 1 aromatic carbocycles. The van der Waals surface area contributed by atoms with Gasteiger partial charge < -0.3 is 10.5 Å². The first-order valence-corrected chi connectivity index (χ1v) is 5.60. The maximum Gasteiger partial charge on any atom is 0.124 e. The molecule has 0 fully saturated rings. The van der Waals surface area contributed by atoms with E-state index in [9.17, 15) is 0 Å². The van der Waals surface area contributed by atoms with Crippen molar-refractivity contribution in [3.63, 3.8) is 0 Å². The van der Waals surface area contributed by atoms with Gasteiger partial charge in [0.05, 0.1) is 7.11 Å². The summed E-state index contributed by atoms with van der Waals surface area (Å²) < 4.78 is 5.30. The highest BCUT2D eigenvalue weighted by Gasteiger charge is 2.10. The SMILES string of the molecule is COc1c(C)cc(C(N)CCCl)cc1C. The molecule has 2 N–H and O–H groups in total. The van der Waals surface area contributed by atoms with Gasteiger partial charge in [0.15, 0.2) is 0 Å². The lowest BCUT2D eigenvalue weighted by atomic mass is 9.99. The average Bonchev–Trinajstić information content (AvgIpc) is 2.17. The fourth-order valence-corrected chi connectivity index (χ4v) is 2.04. The highest BCUT2D eigenvalue weighted by atomic mass is 35.5. The van der Waals surface area contributed by atoms with E-state index < -0.39 is 0 Å². The molecule has 1 unspecified atom stereocenters. The molecule has 0 bridgehead atoms. The Bertz CT molecular complexity index is 315. The fourth-order valence-electron chi connectivity index (χ4n) is 1.80. The largest absolute Gasteiger partial charge is 0.496 e. The molecule has 15 heavy (non-hydrogen) atoms. The summed E-state index contributed by atoms with van der Waals surface area (Å²) in [4.78, 5) is 0. The van der Waals surface area contributed by atoms with Gasteiger partial charge in [-0.05, 0) is 37.0 Å². The van der Waals surface area contributed by atoms with E-state index in [1.807, 2.05) is 13.8 Å². The van der Waals surface area contributed by atoms with Crippen LogP contribution in [0.3, 0.4) is 0 Å². The van der Waals surface area contributed by atoms with Crippen molar-refractivity contribution in [2.45, 2.75) is 26.3 Å². The monoisotopic (exact) mass is 227 g/mol. The van der Waals surface area contributed by atoms with Crippen LogP contribution in [-0.2, 0) is 0 Å². The molecule has 1 atom stereocenters. The van der Waals surface area contributed by atoms with Crippen molar-refractivity contribution in [3.05, 3.63) is 28.8 Å². The summed E-state index contributed by atoms with van der Waals surface area (Å²) in [6.45, 7) is 4.06. The van der Waals surface area contributed by atoms with Gasteiger partial charge in [0.2, 0.25) is 0 Å². The highest BCUT2D eigenvalue weighted by Crippen LogP contribution is 2.27. The van der Waals surface area contributed by atoms with Gasteiger partial charge in [-0.25, -0.2) is 0 Å². The molecule has 0 aliphatic rings. The Morgan fingerprint density at radius 2 is 1.87 bits per heavy atom. The Hall–Kier alpha value is -0.730. The molecule has 0 aliphatic carbocycles. The number of nitrogens with two attached hydrogens (primary N) is 1. The number of halogens is 1. The minimum atomic E-state index is 0.0193. The van der Waals surface area contributed by atoms with Crippen LogP contribution in [0.5, 0.6) is 5.75 Å². The first kappa shape index (κ1) is 12.3. The summed E-state index contributed by atoms with van der Waals surface area (Å²) in [6, 6.07) is 4.16. The first-order valence-electron chi connectivity index (χ1n) is 5.06. The summed E-state index contributed by atoms with van der Waals surface area (Å²) >= 11 is 5.68. The van der Waals surface area contributed by atoms with E-state index in [1.54, 1.807) is 7.11 Å². The maximum atomic E-state index is 6.01. The van der Waals surface area contributed by atoms with Crippen LogP contribution in [0.1, 0.15) is 29.2 Å². The van der Waals surface area contributed by atoms with Gasteiger partial charge in [-0.2, -0.15) is 0 Å². The average molecular weight is 228 g/mol. The molecule has 2 nitrogen and oxygen atoms in total. The highest BCUT2D eigenvalue weighted by molar-refractivity contribution is 6.17. The summed E-state index contributed by atoms with van der Waals surface area (Å²) in [5, 5.41) is 0. The molecule has 0 amide bonds. The third-order valence-electron chi connectivity index (χ3n) is 2.54. The number of rotatable bonds is 4. The van der Waals surface area contributed by atoms with Gasteiger partial charge in [-0.3, -0.25) is 0 Å². The second-order valence-electron chi connectivity index (χ2n) is 3.77. The third-order valence-corrected chi connectivity index (χ3v) is 2.75. The molecule has 1 rings (SSSR count). The Morgan fingerprint density at radius 3 is 2.27 bits per heavy atom. The topological polar surface area (TPSA) is 35.2 Å². The zero-order chi connectivity index (χ0) is 11.4. The van der Waals surface area contributed by atoms with Crippen molar-refractivity contribution < 1.29 is 4.74 Å². The molecular weight excluding hydrogens is 210 g/mol. The lowest BCUT2D eigenvalue weighted by molar-refractivity contribution is 0.408. The van der Waals surface area contributed by atoms with E-state index in [4.69, 9.17) is 22.1 Å². The van der Waals surface area contributed by atoms with Crippen molar-refractivity contribution in [2.24, 2.45) is 5.73 Å². The number of methoxy groups -OCH3 is 1. The molecule has 0 spiro atoms. The van der Waals surface area contributed by atoms with Gasteiger partial charge in [0.1, 0.15) is 5.75 Å². The zero-order valence-electron chi connectivity index (χ0n) is 9.51. The second kappa shape index (κ2) is 5.38. The number of ether oxygens (including phenoxy) is 1. The summed E-state index contributed by atoms with van der Waals surface area (Å²) in [7, 11) is 1.69. The van der Waals surface area contributed by atoms with Gasteiger partial charge in [-0.15, -0.1) is 11.6 Å². The lowest BCUT2D eigenvalue weighted by Crippen LogP contribution is -2.11. The molecule has 0 saturated heterocycles. The first-order chi connectivity index (χ1) is 7.10. The minimum Gasteiger partial charge on any atom is -0.496 e. The summed E-state index contributed by atoms with van der Waals surface area (Å²) in [5.74, 6) is 1.53. The van der Waals surface area contributed by atoms with Crippen LogP contribution in [0.2, 0.25) is 0 Å². The number of hydrogen-bond donors (Lipinski definition) is 1. The normalized spacial score (nSPS) is 12.6. The predicted octanol–water partition coefficient (Wildman–Crippen LogP) is 2.94. The Morgan fingerprint density at radius 1 is 1.33 bits per heavy atom. The van der Waals surface area contributed by atoms with Crippen LogP contribution in [0.25, 0.3) is 0 Å². The van der Waals surface area contributed by atoms with Crippen LogP contribution in [0.15, 0.2) is 12.1 Å². The molecule has 0 heterocycles. The van der Waals surface area contributed by atoms with E-state index in [0.29, 0.717) is 5.88 Å². The zero-order valence-corrected chi connectivity index (χ0v) is 10.3. The summed E-state index contributed by atoms with van der Waals surface area (Å²) in [5.41, 5.74) is 9.39. The second-order valence-corrected chi connectivity index (χ2v) is 4.15. The molecule has 0 aliphatic heterocycles. The van der Waals surface area contributed by atoms with Crippen LogP contribution in [0.4, 0.5) is 0 Å². The Labute approximate surface area is 96.4 Å². The van der Waals surface area contributed by atoms with E-state index in [2.05, 4.69) is 12.1 Å². The fraction of sp³-hybridized carbons (Fsp3) is 0.500. The van der Waals surface area contributed by atoms with Crippen LogP contribution >= 0.6 is 11.6 Å². The van der Waals surface area contributed by atoms with Gasteiger partial charge >= 0.3 is 0 Å². The maximum absolute atomic E-state index is 6.01. The Kier molecular flexibility index (Phi) is 4.43. The van der Waals surface area contributed by atoms with Gasteiger partial charge in [0.25, 0.3) is 0 Å². The lowest BCUT2D eigenvalue weighted by Gasteiger charge is -2.15.